The van der Waals surface area contributed by atoms with Gasteiger partial charge in [0.15, 0.2) is 0 Å². The number of hydrogen-bond acceptors (Lipinski definition) is 4. The van der Waals surface area contributed by atoms with Crippen molar-refractivity contribution < 1.29 is 0 Å². The Morgan fingerprint density at radius 3 is 2.90 bits per heavy atom. The zero-order valence-electron chi connectivity index (χ0n) is 11.2. The summed E-state index contributed by atoms with van der Waals surface area (Å²) in [6.45, 7) is 0.733. The summed E-state index contributed by atoms with van der Waals surface area (Å²) in [4.78, 5) is 0. The smallest absolute Gasteiger partial charge is 0.121 e. The molecule has 1 heterocycles. The van der Waals surface area contributed by atoms with Crippen molar-refractivity contribution in [2.75, 3.05) is 11.9 Å². The molecule has 0 aliphatic heterocycles. The first-order valence-corrected chi connectivity index (χ1v) is 7.54. The number of rotatable bonds is 5. The van der Waals surface area contributed by atoms with Gasteiger partial charge in [-0.25, -0.2) is 0 Å². The van der Waals surface area contributed by atoms with Gasteiger partial charge in [-0.15, -0.1) is 0 Å². The van der Waals surface area contributed by atoms with E-state index in [9.17, 15) is 0 Å². The molecule has 1 aromatic heterocycles. The van der Waals surface area contributed by atoms with Crippen molar-refractivity contribution in [3.8, 4) is 0 Å². The topological polar surface area (TPSA) is 50.9 Å². The number of nitrogens with zero attached hydrogens (tertiary/aromatic N) is 1. The van der Waals surface area contributed by atoms with Crippen molar-refractivity contribution in [2.45, 2.75) is 12.8 Å². The predicted molar refractivity (Wildman–Crippen MR) is 86.7 cm³/mol. The normalized spacial score (nSPS) is 10.8. The Labute approximate surface area is 122 Å². The molecule has 3 rings (SSSR count). The highest BCUT2D eigenvalue weighted by Crippen LogP contribution is 2.30. The van der Waals surface area contributed by atoms with Gasteiger partial charge in [0, 0.05) is 11.1 Å². The third-order valence-electron chi connectivity index (χ3n) is 3.24. The van der Waals surface area contributed by atoms with E-state index < -0.39 is 0 Å². The van der Waals surface area contributed by atoms with E-state index in [0.717, 1.165) is 35.6 Å². The summed E-state index contributed by atoms with van der Waals surface area (Å²) in [5.41, 5.74) is 9.02. The van der Waals surface area contributed by atoms with Crippen LogP contribution in [0.5, 0.6) is 0 Å². The first-order valence-electron chi connectivity index (χ1n) is 6.77. The average molecular weight is 283 g/mol. The molecule has 0 saturated heterocycles. The van der Waals surface area contributed by atoms with Crippen molar-refractivity contribution in [3.05, 3.63) is 54.1 Å². The standard InChI is InChI=1S/C16H17N3S/c17-10-4-6-12-5-3-7-13(11-12)18-16-14-8-1-2-9-15(14)19-20-16/h1-3,5,7-9,11,18H,4,6,10,17H2. The molecule has 0 aliphatic rings. The fourth-order valence-corrected chi connectivity index (χ4v) is 3.00. The Bertz CT molecular complexity index is 706. The SMILES string of the molecule is NCCCc1cccc(Nc2snc3ccccc23)c1. The molecule has 4 heteroatoms. The summed E-state index contributed by atoms with van der Waals surface area (Å²) in [7, 11) is 0. The number of hydrogen-bond donors (Lipinski definition) is 2. The van der Waals surface area contributed by atoms with Gasteiger partial charge in [0.25, 0.3) is 0 Å². The van der Waals surface area contributed by atoms with Crippen LogP contribution in [0.15, 0.2) is 48.5 Å². The van der Waals surface area contributed by atoms with Gasteiger partial charge in [0.2, 0.25) is 0 Å². The molecule has 0 radical (unpaired) electrons. The Hall–Kier alpha value is -1.91. The number of aryl methyl sites for hydroxylation is 1. The molecule has 0 aliphatic carbocycles. The van der Waals surface area contributed by atoms with Crippen molar-refractivity contribution in [1.82, 2.24) is 4.37 Å². The number of nitrogens with two attached hydrogens (primary N) is 1. The summed E-state index contributed by atoms with van der Waals surface area (Å²) in [6, 6.07) is 16.7. The minimum atomic E-state index is 0.733. The van der Waals surface area contributed by atoms with E-state index in [1.165, 1.54) is 22.5 Å². The minimum Gasteiger partial charge on any atom is -0.345 e. The van der Waals surface area contributed by atoms with Crippen LogP contribution in [0.1, 0.15) is 12.0 Å². The number of nitrogens with one attached hydrogen (secondary N) is 1. The Morgan fingerprint density at radius 1 is 1.10 bits per heavy atom. The van der Waals surface area contributed by atoms with Gasteiger partial charge < -0.3 is 11.1 Å². The van der Waals surface area contributed by atoms with E-state index in [4.69, 9.17) is 5.73 Å². The minimum absolute atomic E-state index is 0.733. The van der Waals surface area contributed by atoms with E-state index in [0.29, 0.717) is 0 Å². The highest BCUT2D eigenvalue weighted by Gasteiger charge is 2.05. The van der Waals surface area contributed by atoms with Crippen LogP contribution in [0.25, 0.3) is 10.9 Å². The molecule has 2 aromatic carbocycles. The summed E-state index contributed by atoms with van der Waals surface area (Å²) in [5, 5.41) is 5.73. The van der Waals surface area contributed by atoms with Crippen LogP contribution < -0.4 is 11.1 Å². The monoisotopic (exact) mass is 283 g/mol. The lowest BCUT2D eigenvalue weighted by Crippen LogP contribution is -2.00. The number of aromatic nitrogens is 1. The van der Waals surface area contributed by atoms with Crippen LogP contribution in [0.3, 0.4) is 0 Å². The fraction of sp³-hybridized carbons (Fsp3) is 0.188. The number of anilines is 2. The Kier molecular flexibility index (Phi) is 3.95. The van der Waals surface area contributed by atoms with Crippen LogP contribution in [-0.4, -0.2) is 10.9 Å². The van der Waals surface area contributed by atoms with Gasteiger partial charge in [0.05, 0.1) is 5.52 Å². The van der Waals surface area contributed by atoms with Crippen LogP contribution in [0.4, 0.5) is 10.7 Å². The average Bonchev–Trinajstić information content (AvgIpc) is 2.89. The van der Waals surface area contributed by atoms with Gasteiger partial charge in [-0.05, 0) is 60.7 Å². The summed E-state index contributed by atoms with van der Waals surface area (Å²) in [6.07, 6.45) is 2.04. The summed E-state index contributed by atoms with van der Waals surface area (Å²) < 4.78 is 4.45. The van der Waals surface area contributed by atoms with Crippen LogP contribution in [0.2, 0.25) is 0 Å². The zero-order valence-corrected chi connectivity index (χ0v) is 12.0. The van der Waals surface area contributed by atoms with Crippen molar-refractivity contribution in [2.24, 2.45) is 5.73 Å². The second-order valence-corrected chi connectivity index (χ2v) is 5.52. The predicted octanol–water partition coefficient (Wildman–Crippen LogP) is 3.93. The van der Waals surface area contributed by atoms with E-state index >= 15 is 0 Å². The van der Waals surface area contributed by atoms with Crippen LogP contribution in [-0.2, 0) is 6.42 Å². The van der Waals surface area contributed by atoms with Crippen molar-refractivity contribution in [3.63, 3.8) is 0 Å². The maximum atomic E-state index is 5.56. The molecule has 3 nitrogen and oxygen atoms in total. The molecular formula is C16H17N3S. The van der Waals surface area contributed by atoms with E-state index in [-0.39, 0.29) is 0 Å². The van der Waals surface area contributed by atoms with Gasteiger partial charge in [0.1, 0.15) is 5.00 Å². The lowest BCUT2D eigenvalue weighted by Gasteiger charge is -2.06. The third kappa shape index (κ3) is 2.81. The largest absolute Gasteiger partial charge is 0.345 e. The Morgan fingerprint density at radius 2 is 2.00 bits per heavy atom. The first-order chi connectivity index (χ1) is 9.86. The second kappa shape index (κ2) is 6.03. The molecule has 0 atom stereocenters. The lowest BCUT2D eigenvalue weighted by molar-refractivity contribution is 0.833. The van der Waals surface area contributed by atoms with Crippen LogP contribution >= 0.6 is 11.5 Å². The van der Waals surface area contributed by atoms with E-state index in [1.807, 2.05) is 18.2 Å². The molecule has 0 saturated carbocycles. The number of fused-ring (bicyclic) bond motifs is 1. The number of benzene rings is 2. The fourth-order valence-electron chi connectivity index (χ4n) is 2.22. The summed E-state index contributed by atoms with van der Waals surface area (Å²) >= 11 is 1.50. The lowest BCUT2D eigenvalue weighted by atomic mass is 10.1. The quantitative estimate of drug-likeness (QED) is 0.746. The van der Waals surface area contributed by atoms with Gasteiger partial charge in [-0.1, -0.05) is 24.3 Å². The highest BCUT2D eigenvalue weighted by molar-refractivity contribution is 7.11. The van der Waals surface area contributed by atoms with Crippen molar-refractivity contribution in [1.29, 1.82) is 0 Å². The molecule has 0 fully saturated rings. The molecule has 3 aromatic rings. The van der Waals surface area contributed by atoms with Gasteiger partial charge >= 0.3 is 0 Å². The van der Waals surface area contributed by atoms with E-state index in [1.54, 1.807) is 0 Å². The maximum Gasteiger partial charge on any atom is 0.121 e. The summed E-state index contributed by atoms with van der Waals surface area (Å²) in [5.74, 6) is 0. The van der Waals surface area contributed by atoms with Gasteiger partial charge in [-0.2, -0.15) is 4.37 Å². The molecule has 0 unspecified atom stereocenters. The molecule has 0 bridgehead atoms. The highest BCUT2D eigenvalue weighted by atomic mass is 32.1. The molecule has 102 valence electrons. The molecular weight excluding hydrogens is 266 g/mol. The second-order valence-electron chi connectivity index (χ2n) is 4.75. The molecule has 3 N–H and O–H groups in total. The zero-order chi connectivity index (χ0) is 13.8. The van der Waals surface area contributed by atoms with Gasteiger partial charge in [-0.3, -0.25) is 0 Å². The molecule has 20 heavy (non-hydrogen) atoms. The Balaban J connectivity index is 1.83. The molecule has 0 amide bonds. The van der Waals surface area contributed by atoms with Crippen LogP contribution in [0, 0.1) is 0 Å². The molecule has 0 spiro atoms. The first kappa shape index (κ1) is 13.1. The third-order valence-corrected chi connectivity index (χ3v) is 4.03. The maximum absolute atomic E-state index is 5.56. The van der Waals surface area contributed by atoms with E-state index in [2.05, 4.69) is 40.0 Å². The van der Waals surface area contributed by atoms with Crippen molar-refractivity contribution >= 4 is 33.1 Å².